The van der Waals surface area contributed by atoms with Crippen molar-refractivity contribution in [2.24, 2.45) is 7.05 Å². The van der Waals surface area contributed by atoms with Crippen molar-refractivity contribution < 1.29 is 4.74 Å². The van der Waals surface area contributed by atoms with Gasteiger partial charge >= 0.3 is 0 Å². The minimum absolute atomic E-state index is 0.583. The molecule has 0 spiro atoms. The summed E-state index contributed by atoms with van der Waals surface area (Å²) in [6.07, 6.45) is 2.91. The van der Waals surface area contributed by atoms with Crippen LogP contribution in [0, 0.1) is 3.57 Å². The molecule has 1 aromatic carbocycles. The van der Waals surface area contributed by atoms with Crippen LogP contribution in [0.3, 0.4) is 0 Å². The highest BCUT2D eigenvalue weighted by Crippen LogP contribution is 2.19. The Bertz CT molecular complexity index is 508. The van der Waals surface area contributed by atoms with E-state index in [1.54, 1.807) is 4.68 Å². The van der Waals surface area contributed by atoms with Gasteiger partial charge in [0.25, 0.3) is 0 Å². The van der Waals surface area contributed by atoms with E-state index >= 15 is 0 Å². The molecular weight excluding hydrogens is 327 g/mol. The topological polar surface area (TPSA) is 27.1 Å². The Morgan fingerprint density at radius 1 is 1.35 bits per heavy atom. The molecule has 2 aromatic rings. The second kappa shape index (κ2) is 5.53. The largest absolute Gasteiger partial charge is 0.472 e. The molecule has 0 aliphatic rings. The maximum absolute atomic E-state index is 5.70. The van der Waals surface area contributed by atoms with Crippen LogP contribution >= 0.6 is 22.6 Å². The van der Waals surface area contributed by atoms with Crippen LogP contribution < -0.4 is 4.74 Å². The van der Waals surface area contributed by atoms with Crippen LogP contribution in [0.2, 0.25) is 0 Å². The van der Waals surface area contributed by atoms with Gasteiger partial charge in [-0.05, 0) is 40.6 Å². The van der Waals surface area contributed by atoms with Crippen molar-refractivity contribution in [1.29, 1.82) is 0 Å². The van der Waals surface area contributed by atoms with E-state index in [1.165, 1.54) is 14.7 Å². The van der Waals surface area contributed by atoms with Gasteiger partial charge in [0.05, 0.1) is 0 Å². The summed E-state index contributed by atoms with van der Waals surface area (Å²) in [4.78, 5) is 0. The second-order valence-corrected chi connectivity index (χ2v) is 5.01. The number of halogens is 1. The Balaban J connectivity index is 2.13. The molecule has 17 heavy (non-hydrogen) atoms. The molecule has 0 fully saturated rings. The third kappa shape index (κ3) is 3.00. The van der Waals surface area contributed by atoms with Gasteiger partial charge in [0, 0.05) is 28.4 Å². The molecule has 0 N–H and O–H groups in total. The summed E-state index contributed by atoms with van der Waals surface area (Å²) in [6.45, 7) is 2.75. The zero-order valence-corrected chi connectivity index (χ0v) is 12.1. The summed E-state index contributed by atoms with van der Waals surface area (Å²) in [6, 6.07) is 8.22. The van der Waals surface area contributed by atoms with Gasteiger partial charge in [0.2, 0.25) is 5.88 Å². The summed E-state index contributed by atoms with van der Waals surface area (Å²) < 4.78 is 8.69. The third-order valence-electron chi connectivity index (χ3n) is 2.65. The highest BCUT2D eigenvalue weighted by atomic mass is 127. The van der Waals surface area contributed by atoms with Crippen molar-refractivity contribution in [2.45, 2.75) is 20.0 Å². The van der Waals surface area contributed by atoms with E-state index in [2.05, 4.69) is 52.8 Å². The van der Waals surface area contributed by atoms with Gasteiger partial charge in [0.15, 0.2) is 0 Å². The molecule has 3 nitrogen and oxygen atoms in total. The van der Waals surface area contributed by atoms with Crippen molar-refractivity contribution in [3.63, 3.8) is 0 Å². The van der Waals surface area contributed by atoms with E-state index in [4.69, 9.17) is 4.74 Å². The summed E-state index contributed by atoms with van der Waals surface area (Å²) >= 11 is 2.35. The fourth-order valence-electron chi connectivity index (χ4n) is 1.71. The smallest absolute Gasteiger partial charge is 0.233 e. The number of rotatable bonds is 4. The first-order chi connectivity index (χ1) is 8.20. The average molecular weight is 342 g/mol. The molecule has 4 heteroatoms. The summed E-state index contributed by atoms with van der Waals surface area (Å²) in [5.74, 6) is 0.675. The molecule has 90 valence electrons. The van der Waals surface area contributed by atoms with Crippen molar-refractivity contribution in [1.82, 2.24) is 9.78 Å². The fraction of sp³-hybridized carbons (Fsp3) is 0.308. The SMILES string of the molecule is CCc1cccc(I)c1COc1ccn(C)n1. The van der Waals surface area contributed by atoms with E-state index in [-0.39, 0.29) is 0 Å². The predicted octanol–water partition coefficient (Wildman–Crippen LogP) is 3.17. The van der Waals surface area contributed by atoms with E-state index < -0.39 is 0 Å². The highest BCUT2D eigenvalue weighted by Gasteiger charge is 2.07. The lowest BCUT2D eigenvalue weighted by Crippen LogP contribution is -2.03. The van der Waals surface area contributed by atoms with Gasteiger partial charge in [-0.25, -0.2) is 0 Å². The Kier molecular flexibility index (Phi) is 4.04. The Morgan fingerprint density at radius 2 is 2.18 bits per heavy atom. The zero-order valence-electron chi connectivity index (χ0n) is 9.98. The number of aromatic nitrogens is 2. The zero-order chi connectivity index (χ0) is 12.3. The van der Waals surface area contributed by atoms with Crippen molar-refractivity contribution in [3.05, 3.63) is 45.2 Å². The van der Waals surface area contributed by atoms with Gasteiger partial charge in [0.1, 0.15) is 6.61 Å². The molecule has 0 radical (unpaired) electrons. The maximum atomic E-state index is 5.70. The number of aryl methyl sites for hydroxylation is 2. The summed E-state index contributed by atoms with van der Waals surface area (Å²) in [5.41, 5.74) is 2.61. The molecular formula is C13H15IN2O. The summed E-state index contributed by atoms with van der Waals surface area (Å²) in [5, 5.41) is 4.20. The molecule has 0 unspecified atom stereocenters. The number of benzene rings is 1. The molecule has 0 saturated heterocycles. The second-order valence-electron chi connectivity index (χ2n) is 3.85. The minimum atomic E-state index is 0.583. The lowest BCUT2D eigenvalue weighted by Gasteiger charge is -2.10. The first-order valence-corrected chi connectivity index (χ1v) is 6.67. The monoisotopic (exact) mass is 342 g/mol. The van der Waals surface area contributed by atoms with Gasteiger partial charge in [-0.15, -0.1) is 5.10 Å². The lowest BCUT2D eigenvalue weighted by atomic mass is 10.1. The lowest BCUT2D eigenvalue weighted by molar-refractivity contribution is 0.289. The molecule has 0 atom stereocenters. The van der Waals surface area contributed by atoms with E-state index in [1.807, 2.05) is 19.3 Å². The molecule has 0 bridgehead atoms. The number of ether oxygens (including phenoxy) is 1. The fourth-order valence-corrected chi connectivity index (χ4v) is 2.42. The van der Waals surface area contributed by atoms with E-state index in [0.717, 1.165) is 6.42 Å². The van der Waals surface area contributed by atoms with Gasteiger partial charge in [-0.3, -0.25) is 4.68 Å². The quantitative estimate of drug-likeness (QED) is 0.798. The Hall–Kier alpha value is -1.04. The van der Waals surface area contributed by atoms with Gasteiger partial charge in [-0.2, -0.15) is 0 Å². The molecule has 2 rings (SSSR count). The molecule has 0 aliphatic carbocycles. The standard InChI is InChI=1S/C13H15IN2O/c1-3-10-5-4-6-12(14)11(10)9-17-13-7-8-16(2)15-13/h4-8H,3,9H2,1-2H3. The van der Waals surface area contributed by atoms with E-state index in [9.17, 15) is 0 Å². The maximum Gasteiger partial charge on any atom is 0.233 e. The summed E-state index contributed by atoms with van der Waals surface area (Å²) in [7, 11) is 1.89. The molecule has 1 heterocycles. The average Bonchev–Trinajstić information content (AvgIpc) is 2.73. The molecule has 0 saturated carbocycles. The van der Waals surface area contributed by atoms with Crippen LogP contribution in [0.1, 0.15) is 18.1 Å². The molecule has 1 aromatic heterocycles. The third-order valence-corrected chi connectivity index (χ3v) is 3.66. The van der Waals surface area contributed by atoms with Crippen molar-refractivity contribution >= 4 is 22.6 Å². The Morgan fingerprint density at radius 3 is 2.82 bits per heavy atom. The van der Waals surface area contributed by atoms with Crippen molar-refractivity contribution in [2.75, 3.05) is 0 Å². The van der Waals surface area contributed by atoms with Crippen LogP contribution in [-0.4, -0.2) is 9.78 Å². The van der Waals surface area contributed by atoms with Gasteiger partial charge in [-0.1, -0.05) is 19.1 Å². The highest BCUT2D eigenvalue weighted by molar-refractivity contribution is 14.1. The van der Waals surface area contributed by atoms with Gasteiger partial charge < -0.3 is 4.74 Å². The normalized spacial score (nSPS) is 10.5. The molecule has 0 aliphatic heterocycles. The first kappa shape index (κ1) is 12.4. The van der Waals surface area contributed by atoms with Crippen LogP contribution in [0.4, 0.5) is 0 Å². The molecule has 0 amide bonds. The van der Waals surface area contributed by atoms with Crippen LogP contribution in [0.5, 0.6) is 5.88 Å². The van der Waals surface area contributed by atoms with Crippen LogP contribution in [-0.2, 0) is 20.1 Å². The van der Waals surface area contributed by atoms with Crippen molar-refractivity contribution in [3.8, 4) is 5.88 Å². The number of hydrogen-bond acceptors (Lipinski definition) is 2. The predicted molar refractivity (Wildman–Crippen MR) is 76.1 cm³/mol. The Labute approximate surface area is 115 Å². The van der Waals surface area contributed by atoms with E-state index in [0.29, 0.717) is 12.5 Å². The van der Waals surface area contributed by atoms with Crippen LogP contribution in [0.15, 0.2) is 30.5 Å². The number of nitrogens with zero attached hydrogens (tertiary/aromatic N) is 2. The number of hydrogen-bond donors (Lipinski definition) is 0. The minimum Gasteiger partial charge on any atom is -0.472 e. The first-order valence-electron chi connectivity index (χ1n) is 5.59. The van der Waals surface area contributed by atoms with Crippen LogP contribution in [0.25, 0.3) is 0 Å².